The van der Waals surface area contributed by atoms with Crippen molar-refractivity contribution in [2.45, 2.75) is 44.9 Å². The van der Waals surface area contributed by atoms with Gasteiger partial charge in [-0.05, 0) is 12.8 Å². The number of carbonyl (C=O) groups excluding carboxylic acids is 2. The molecule has 1 aliphatic rings. The number of rotatable bonds is 0. The fourth-order valence-corrected chi connectivity index (χ4v) is 1.39. The van der Waals surface area contributed by atoms with E-state index >= 15 is 0 Å². The molecule has 1 aliphatic carbocycles. The molecule has 2 nitrogen and oxygen atoms in total. The minimum atomic E-state index is 0.136. The average Bonchev–Trinajstić information content (AvgIpc) is 2.02. The van der Waals surface area contributed by atoms with Crippen LogP contribution in [0.5, 0.6) is 0 Å². The van der Waals surface area contributed by atoms with Crippen molar-refractivity contribution in [1.29, 1.82) is 0 Å². The molecule has 1 fully saturated rings. The molecule has 0 bridgehead atoms. The first-order valence-electron chi connectivity index (χ1n) is 4.32. The summed E-state index contributed by atoms with van der Waals surface area (Å²) in [5.74, 6) is 0.272. The summed E-state index contributed by atoms with van der Waals surface area (Å²) in [6.07, 6.45) is 5.60. The molecule has 0 saturated heterocycles. The van der Waals surface area contributed by atoms with Gasteiger partial charge in [0.2, 0.25) is 0 Å². The zero-order chi connectivity index (χ0) is 8.10. The van der Waals surface area contributed by atoms with Crippen molar-refractivity contribution < 1.29 is 9.59 Å². The van der Waals surface area contributed by atoms with Crippen LogP contribution in [0, 0.1) is 0 Å². The Morgan fingerprint density at radius 2 is 1.18 bits per heavy atom. The van der Waals surface area contributed by atoms with Crippen molar-refractivity contribution in [3.8, 4) is 0 Å². The number of hydrogen-bond donors (Lipinski definition) is 0. The molecule has 0 heterocycles. The molecule has 0 aliphatic heterocycles. The van der Waals surface area contributed by atoms with Crippen molar-refractivity contribution in [2.75, 3.05) is 0 Å². The van der Waals surface area contributed by atoms with Crippen LogP contribution in [-0.4, -0.2) is 11.6 Å². The fraction of sp³-hybridized carbons (Fsp3) is 0.778. The second-order valence-electron chi connectivity index (χ2n) is 3.17. The summed E-state index contributed by atoms with van der Waals surface area (Å²) in [7, 11) is 0. The van der Waals surface area contributed by atoms with Crippen LogP contribution in [-0.2, 0) is 9.59 Å². The Hall–Kier alpha value is -0.660. The van der Waals surface area contributed by atoms with Gasteiger partial charge < -0.3 is 0 Å². The van der Waals surface area contributed by atoms with Gasteiger partial charge in [0.05, 0.1) is 6.42 Å². The van der Waals surface area contributed by atoms with Crippen LogP contribution < -0.4 is 0 Å². The summed E-state index contributed by atoms with van der Waals surface area (Å²) < 4.78 is 0. The molecule has 2 heteroatoms. The maximum absolute atomic E-state index is 11.0. The van der Waals surface area contributed by atoms with Crippen molar-refractivity contribution in [3.05, 3.63) is 0 Å². The third-order valence-corrected chi connectivity index (χ3v) is 2.06. The lowest BCUT2D eigenvalue weighted by atomic mass is 10.1. The van der Waals surface area contributed by atoms with E-state index in [-0.39, 0.29) is 18.0 Å². The summed E-state index contributed by atoms with van der Waals surface area (Å²) in [4.78, 5) is 22.0. The van der Waals surface area contributed by atoms with E-state index in [4.69, 9.17) is 0 Å². The molecule has 0 amide bonds. The van der Waals surface area contributed by atoms with E-state index in [0.29, 0.717) is 12.8 Å². The van der Waals surface area contributed by atoms with E-state index < -0.39 is 0 Å². The topological polar surface area (TPSA) is 34.1 Å². The molecule has 1 rings (SSSR count). The van der Waals surface area contributed by atoms with E-state index in [1.54, 1.807) is 0 Å². The Morgan fingerprint density at radius 1 is 0.727 bits per heavy atom. The molecule has 62 valence electrons. The van der Waals surface area contributed by atoms with Gasteiger partial charge in [-0.1, -0.05) is 12.8 Å². The SMILES string of the molecule is O=C1CCCCCCC(=O)C1. The lowest BCUT2D eigenvalue weighted by molar-refractivity contribution is -0.126. The first-order valence-corrected chi connectivity index (χ1v) is 4.32. The largest absolute Gasteiger partial charge is 0.299 e. The highest BCUT2D eigenvalue weighted by molar-refractivity contribution is 5.99. The number of ketones is 2. The van der Waals surface area contributed by atoms with Crippen LogP contribution in [0.2, 0.25) is 0 Å². The standard InChI is InChI=1S/C9H14O2/c10-8-5-3-1-2-4-6-9(11)7-8/h1-7H2. The summed E-state index contributed by atoms with van der Waals surface area (Å²) in [5.41, 5.74) is 0. The lowest BCUT2D eigenvalue weighted by Gasteiger charge is -1.94. The molecule has 0 spiro atoms. The number of hydrogen-bond acceptors (Lipinski definition) is 2. The van der Waals surface area contributed by atoms with E-state index in [1.807, 2.05) is 0 Å². The molecular formula is C9H14O2. The van der Waals surface area contributed by atoms with E-state index in [1.165, 1.54) is 0 Å². The van der Waals surface area contributed by atoms with Crippen molar-refractivity contribution >= 4 is 11.6 Å². The first kappa shape index (κ1) is 8.44. The molecule has 0 unspecified atom stereocenters. The van der Waals surface area contributed by atoms with Gasteiger partial charge in [-0.25, -0.2) is 0 Å². The second kappa shape index (κ2) is 4.27. The van der Waals surface area contributed by atoms with Crippen molar-refractivity contribution in [3.63, 3.8) is 0 Å². The predicted octanol–water partition coefficient (Wildman–Crippen LogP) is 1.87. The quantitative estimate of drug-likeness (QED) is 0.499. The van der Waals surface area contributed by atoms with Gasteiger partial charge in [0, 0.05) is 12.8 Å². The summed E-state index contributed by atoms with van der Waals surface area (Å²) in [5, 5.41) is 0. The molecule has 0 atom stereocenters. The second-order valence-corrected chi connectivity index (χ2v) is 3.17. The Bertz CT molecular complexity index is 143. The summed E-state index contributed by atoms with van der Waals surface area (Å²) >= 11 is 0. The highest BCUT2D eigenvalue weighted by Crippen LogP contribution is 2.11. The maximum atomic E-state index is 11.0. The number of Topliss-reactive ketones (excluding diaryl/α,β-unsaturated/α-hetero) is 2. The van der Waals surface area contributed by atoms with Crippen LogP contribution in [0.4, 0.5) is 0 Å². The van der Waals surface area contributed by atoms with Gasteiger partial charge in [0.25, 0.3) is 0 Å². The summed E-state index contributed by atoms with van der Waals surface area (Å²) in [6.45, 7) is 0. The highest BCUT2D eigenvalue weighted by Gasteiger charge is 2.10. The van der Waals surface area contributed by atoms with E-state index in [9.17, 15) is 9.59 Å². The molecular weight excluding hydrogens is 140 g/mol. The molecule has 0 aromatic heterocycles. The van der Waals surface area contributed by atoms with Crippen molar-refractivity contribution in [1.82, 2.24) is 0 Å². The normalized spacial score (nSPS) is 22.2. The van der Waals surface area contributed by atoms with Crippen LogP contribution in [0.1, 0.15) is 44.9 Å². The Morgan fingerprint density at radius 3 is 1.64 bits per heavy atom. The lowest BCUT2D eigenvalue weighted by Crippen LogP contribution is -2.05. The van der Waals surface area contributed by atoms with E-state index in [2.05, 4.69) is 0 Å². The van der Waals surface area contributed by atoms with Crippen LogP contribution in [0.3, 0.4) is 0 Å². The molecule has 0 N–H and O–H groups in total. The third-order valence-electron chi connectivity index (χ3n) is 2.06. The Kier molecular flexibility index (Phi) is 3.27. The van der Waals surface area contributed by atoms with Gasteiger partial charge in [-0.2, -0.15) is 0 Å². The average molecular weight is 154 g/mol. The van der Waals surface area contributed by atoms with Crippen LogP contribution in [0.25, 0.3) is 0 Å². The zero-order valence-electron chi connectivity index (χ0n) is 6.77. The van der Waals surface area contributed by atoms with Gasteiger partial charge >= 0.3 is 0 Å². The maximum Gasteiger partial charge on any atom is 0.140 e. The van der Waals surface area contributed by atoms with E-state index in [0.717, 1.165) is 25.7 Å². The zero-order valence-corrected chi connectivity index (χ0v) is 6.77. The smallest absolute Gasteiger partial charge is 0.140 e. The molecule has 0 aromatic rings. The highest BCUT2D eigenvalue weighted by atomic mass is 16.1. The predicted molar refractivity (Wildman–Crippen MR) is 42.3 cm³/mol. The molecule has 0 radical (unpaired) electrons. The van der Waals surface area contributed by atoms with Crippen molar-refractivity contribution in [2.24, 2.45) is 0 Å². The first-order chi connectivity index (χ1) is 5.29. The number of carbonyl (C=O) groups is 2. The fourth-order valence-electron chi connectivity index (χ4n) is 1.39. The monoisotopic (exact) mass is 154 g/mol. The van der Waals surface area contributed by atoms with Gasteiger partial charge in [-0.3, -0.25) is 9.59 Å². The molecule has 11 heavy (non-hydrogen) atoms. The van der Waals surface area contributed by atoms with Crippen LogP contribution >= 0.6 is 0 Å². The van der Waals surface area contributed by atoms with Gasteiger partial charge in [0.15, 0.2) is 0 Å². The molecule has 0 aromatic carbocycles. The Labute approximate surface area is 67.0 Å². The van der Waals surface area contributed by atoms with Crippen LogP contribution in [0.15, 0.2) is 0 Å². The minimum absolute atomic E-state index is 0.136. The van der Waals surface area contributed by atoms with Gasteiger partial charge in [-0.15, -0.1) is 0 Å². The molecule has 1 saturated carbocycles. The third kappa shape index (κ3) is 3.30. The van der Waals surface area contributed by atoms with Gasteiger partial charge in [0.1, 0.15) is 11.6 Å². The minimum Gasteiger partial charge on any atom is -0.299 e. The Balaban J connectivity index is 2.39. The summed E-state index contributed by atoms with van der Waals surface area (Å²) in [6, 6.07) is 0.